The highest BCUT2D eigenvalue weighted by Crippen LogP contribution is 2.46. The number of aliphatic hydroxyl groups is 1. The minimum Gasteiger partial charge on any atom is -0.508 e. The van der Waals surface area contributed by atoms with Crippen LogP contribution >= 0.6 is 0 Å². The number of fused-ring (bicyclic) bond motifs is 3. The first-order valence-corrected chi connectivity index (χ1v) is 11.5. The number of phenols is 1. The van der Waals surface area contributed by atoms with Crippen molar-refractivity contribution in [1.82, 2.24) is 25.0 Å². The zero-order valence-corrected chi connectivity index (χ0v) is 19.6. The number of aliphatic hydroxyl groups excluding tert-OH is 1. The summed E-state index contributed by atoms with van der Waals surface area (Å²) in [6.45, 7) is 8.63. The molecule has 4 heterocycles. The van der Waals surface area contributed by atoms with Gasteiger partial charge in [0.25, 0.3) is 5.91 Å². The van der Waals surface area contributed by atoms with E-state index in [-0.39, 0.29) is 11.7 Å². The minimum atomic E-state index is -0.463. The molecule has 0 aliphatic carbocycles. The van der Waals surface area contributed by atoms with Crippen molar-refractivity contribution in [3.63, 3.8) is 0 Å². The predicted octanol–water partition coefficient (Wildman–Crippen LogP) is 2.67. The number of aryl methyl sites for hydroxylation is 1. The van der Waals surface area contributed by atoms with Gasteiger partial charge in [0.05, 0.1) is 22.7 Å². The molecule has 2 aliphatic rings. The third kappa shape index (κ3) is 3.48. The number of aromatic hydroxyl groups is 1. The second kappa shape index (κ2) is 7.53. The summed E-state index contributed by atoms with van der Waals surface area (Å²) in [5.41, 5.74) is 2.61. The maximum Gasteiger partial charge on any atom is 0.254 e. The second-order valence-electron chi connectivity index (χ2n) is 10.4. The molecule has 2 bridgehead atoms. The van der Waals surface area contributed by atoms with Crippen LogP contribution in [0.5, 0.6) is 5.75 Å². The molecule has 0 radical (unpaired) electrons. The average Bonchev–Trinajstić information content (AvgIpc) is 3.18. The maximum atomic E-state index is 14.0. The van der Waals surface area contributed by atoms with Crippen molar-refractivity contribution in [2.75, 3.05) is 33.2 Å². The van der Waals surface area contributed by atoms with E-state index < -0.39 is 16.9 Å². The summed E-state index contributed by atoms with van der Waals surface area (Å²) in [7, 11) is 2.08. The van der Waals surface area contributed by atoms with Crippen LogP contribution in [0.2, 0.25) is 0 Å². The Labute approximate surface area is 193 Å². The number of carbonyl (C=O) groups is 1. The zero-order valence-electron chi connectivity index (χ0n) is 19.6. The number of rotatable bonds is 3. The summed E-state index contributed by atoms with van der Waals surface area (Å²) in [5.74, 6) is 0.112. The molecule has 0 saturated carbocycles. The number of benzene rings is 1. The molecule has 3 N–H and O–H groups in total. The van der Waals surface area contributed by atoms with Gasteiger partial charge in [-0.05, 0) is 43.8 Å². The molecule has 1 unspecified atom stereocenters. The molecular formula is C25H31N5O3. The number of phenolic OH excluding ortho intramolecular Hbond substituents is 1. The van der Waals surface area contributed by atoms with Crippen LogP contribution in [0.1, 0.15) is 36.8 Å². The number of pyridine rings is 1. The molecular weight excluding hydrogens is 418 g/mol. The lowest BCUT2D eigenvalue weighted by atomic mass is 9.63. The molecule has 5 rings (SSSR count). The first-order valence-electron chi connectivity index (χ1n) is 11.5. The summed E-state index contributed by atoms with van der Waals surface area (Å²) >= 11 is 0. The van der Waals surface area contributed by atoms with Crippen molar-refractivity contribution in [2.24, 2.45) is 10.8 Å². The fourth-order valence-corrected chi connectivity index (χ4v) is 6.11. The summed E-state index contributed by atoms with van der Waals surface area (Å²) in [4.78, 5) is 22.9. The molecule has 2 aliphatic heterocycles. The highest BCUT2D eigenvalue weighted by Gasteiger charge is 2.56. The Bertz CT molecular complexity index is 1200. The van der Waals surface area contributed by atoms with Crippen LogP contribution in [0.3, 0.4) is 0 Å². The smallest absolute Gasteiger partial charge is 0.254 e. The van der Waals surface area contributed by atoms with E-state index in [0.717, 1.165) is 29.7 Å². The van der Waals surface area contributed by atoms with E-state index in [1.54, 1.807) is 24.3 Å². The minimum absolute atomic E-state index is 0.0626. The molecule has 2 aromatic heterocycles. The molecule has 2 saturated heterocycles. The van der Waals surface area contributed by atoms with Crippen LogP contribution in [-0.2, 0) is 6.42 Å². The summed E-state index contributed by atoms with van der Waals surface area (Å²) in [6.07, 6.45) is 0.242. The average molecular weight is 450 g/mol. The number of amides is 1. The van der Waals surface area contributed by atoms with Crippen molar-refractivity contribution in [2.45, 2.75) is 33.3 Å². The van der Waals surface area contributed by atoms with Crippen LogP contribution in [0.25, 0.3) is 22.3 Å². The predicted molar refractivity (Wildman–Crippen MR) is 126 cm³/mol. The summed E-state index contributed by atoms with van der Waals surface area (Å²) < 4.78 is 0. The molecule has 2 fully saturated rings. The Morgan fingerprint density at radius 1 is 1.15 bits per heavy atom. The lowest BCUT2D eigenvalue weighted by Crippen LogP contribution is -2.70. The molecule has 33 heavy (non-hydrogen) atoms. The van der Waals surface area contributed by atoms with Gasteiger partial charge in [0.15, 0.2) is 5.65 Å². The third-order valence-corrected chi connectivity index (χ3v) is 7.32. The van der Waals surface area contributed by atoms with Crippen LogP contribution in [0.4, 0.5) is 0 Å². The van der Waals surface area contributed by atoms with Gasteiger partial charge in [-0.25, -0.2) is 4.98 Å². The van der Waals surface area contributed by atoms with E-state index in [2.05, 4.69) is 36.0 Å². The quantitative estimate of drug-likeness (QED) is 0.568. The van der Waals surface area contributed by atoms with Crippen molar-refractivity contribution < 1.29 is 15.0 Å². The lowest BCUT2D eigenvalue weighted by molar-refractivity contribution is -0.161. The number of nitrogens with one attached hydrogen (secondary N) is 1. The largest absolute Gasteiger partial charge is 0.508 e. The van der Waals surface area contributed by atoms with Crippen LogP contribution in [-0.4, -0.2) is 80.4 Å². The summed E-state index contributed by atoms with van der Waals surface area (Å²) in [6, 6.07) is 8.62. The van der Waals surface area contributed by atoms with Crippen LogP contribution in [0.15, 0.2) is 30.3 Å². The maximum absolute atomic E-state index is 14.0. The molecule has 1 aromatic carbocycles. The van der Waals surface area contributed by atoms with Crippen LogP contribution in [0, 0.1) is 10.8 Å². The monoisotopic (exact) mass is 449 g/mol. The lowest BCUT2D eigenvalue weighted by Gasteiger charge is -2.59. The Hall–Kier alpha value is -2.97. The number of piperidine rings is 2. The highest BCUT2D eigenvalue weighted by molar-refractivity contribution is 6.07. The van der Waals surface area contributed by atoms with Gasteiger partial charge in [0.2, 0.25) is 0 Å². The van der Waals surface area contributed by atoms with Gasteiger partial charge in [-0.2, -0.15) is 5.10 Å². The van der Waals surface area contributed by atoms with Gasteiger partial charge in [0.1, 0.15) is 5.75 Å². The first kappa shape index (κ1) is 21.9. The number of hydrogen-bond donors (Lipinski definition) is 3. The van der Waals surface area contributed by atoms with Crippen LogP contribution < -0.4 is 0 Å². The Kier molecular flexibility index (Phi) is 4.99. The number of carbonyl (C=O) groups excluding carboxylic acids is 1. The number of hydrogen-bond acceptors (Lipinski definition) is 6. The van der Waals surface area contributed by atoms with Gasteiger partial charge in [-0.1, -0.05) is 20.8 Å². The Morgan fingerprint density at radius 3 is 2.39 bits per heavy atom. The fourth-order valence-electron chi connectivity index (χ4n) is 6.11. The van der Waals surface area contributed by atoms with Gasteiger partial charge < -0.3 is 20.0 Å². The molecule has 1 amide bonds. The topological polar surface area (TPSA) is 106 Å². The highest BCUT2D eigenvalue weighted by atomic mass is 16.3. The van der Waals surface area contributed by atoms with Gasteiger partial charge in [-0.15, -0.1) is 0 Å². The first-order chi connectivity index (χ1) is 15.6. The van der Waals surface area contributed by atoms with Gasteiger partial charge in [0, 0.05) is 48.3 Å². The van der Waals surface area contributed by atoms with E-state index in [0.29, 0.717) is 36.4 Å². The third-order valence-electron chi connectivity index (χ3n) is 7.32. The van der Waals surface area contributed by atoms with Crippen molar-refractivity contribution in [1.29, 1.82) is 0 Å². The van der Waals surface area contributed by atoms with Crippen molar-refractivity contribution in [3.05, 3.63) is 41.6 Å². The number of H-pyrrole nitrogens is 1. The van der Waals surface area contributed by atoms with Gasteiger partial charge >= 0.3 is 0 Å². The summed E-state index contributed by atoms with van der Waals surface area (Å²) in [5, 5.41) is 29.0. The zero-order chi connectivity index (χ0) is 23.5. The Morgan fingerprint density at radius 2 is 1.79 bits per heavy atom. The van der Waals surface area contributed by atoms with Crippen molar-refractivity contribution >= 4 is 16.9 Å². The number of likely N-dealkylation sites (tertiary alicyclic amines) is 2. The van der Waals surface area contributed by atoms with Gasteiger partial charge in [-0.3, -0.25) is 9.89 Å². The molecule has 3 aromatic rings. The number of aromatic nitrogens is 3. The van der Waals surface area contributed by atoms with E-state index in [4.69, 9.17) is 4.98 Å². The Balaban J connectivity index is 1.61. The van der Waals surface area contributed by atoms with E-state index >= 15 is 0 Å². The fraction of sp³-hybridized carbons (Fsp3) is 0.480. The standard InChI is InChI=1S/C25H31N5O3/c1-5-18-20-17(10-19(26-21(20)28-27-18)15-6-8-16(31)9-7-15)22(32)30-13-24(2)11-29(4)12-25(3,14-30)23(24)33/h6-10,23,31,33H,5,11-14H2,1-4H3,(H,26,27,28)/t23?,24-,25+. The van der Waals surface area contributed by atoms with E-state index in [9.17, 15) is 15.0 Å². The second-order valence-corrected chi connectivity index (χ2v) is 10.4. The molecule has 3 atom stereocenters. The molecule has 0 spiro atoms. The number of aromatic amines is 1. The van der Waals surface area contributed by atoms with Crippen molar-refractivity contribution in [3.8, 4) is 17.0 Å². The van der Waals surface area contributed by atoms with E-state index in [1.807, 2.05) is 17.9 Å². The SMILES string of the molecule is CCc1[nH]nc2nc(-c3ccc(O)cc3)cc(C(=O)N3C[C@]4(C)CN(C)C[C@](C)(C3)C4O)c12. The normalized spacial score (nSPS) is 27.8. The molecule has 8 heteroatoms. The molecule has 174 valence electrons. The van der Waals surface area contributed by atoms with E-state index in [1.165, 1.54) is 0 Å². The number of nitrogens with zero attached hydrogens (tertiary/aromatic N) is 4. The molecule has 8 nitrogen and oxygen atoms in total.